The highest BCUT2D eigenvalue weighted by molar-refractivity contribution is 6.31. The molecule has 0 aliphatic rings. The van der Waals surface area contributed by atoms with Crippen LogP contribution in [0.4, 0.5) is 4.39 Å². The first-order chi connectivity index (χ1) is 9.69. The molecule has 0 radical (unpaired) electrons. The normalized spacial score (nSPS) is 9.75. The largest absolute Gasteiger partial charge is 0.489 e. The van der Waals surface area contributed by atoms with E-state index < -0.39 is 0 Å². The molecule has 0 spiro atoms. The average Bonchev–Trinajstić information content (AvgIpc) is 2.47. The molecule has 0 bridgehead atoms. The van der Waals surface area contributed by atoms with Crippen molar-refractivity contribution in [3.63, 3.8) is 0 Å². The fourth-order valence-corrected chi connectivity index (χ4v) is 1.82. The van der Waals surface area contributed by atoms with Crippen molar-refractivity contribution >= 4 is 23.2 Å². The van der Waals surface area contributed by atoms with Crippen molar-refractivity contribution in [2.45, 2.75) is 6.61 Å². The van der Waals surface area contributed by atoms with Crippen molar-refractivity contribution in [2.75, 3.05) is 5.88 Å². The van der Waals surface area contributed by atoms with Gasteiger partial charge in [0, 0.05) is 16.1 Å². The van der Waals surface area contributed by atoms with Gasteiger partial charge in [0.15, 0.2) is 0 Å². The van der Waals surface area contributed by atoms with Gasteiger partial charge in [-0.1, -0.05) is 23.4 Å². The molecule has 0 amide bonds. The SMILES string of the molecule is Fc1ccc(Cl)c(COc2ccc(C#CCCl)cc2)c1. The molecule has 4 heteroatoms. The number of rotatable bonds is 3. The zero-order chi connectivity index (χ0) is 14.4. The van der Waals surface area contributed by atoms with Crippen LogP contribution in [0.5, 0.6) is 5.75 Å². The molecule has 102 valence electrons. The van der Waals surface area contributed by atoms with E-state index in [0.717, 1.165) is 5.56 Å². The highest BCUT2D eigenvalue weighted by Gasteiger charge is 2.03. The lowest BCUT2D eigenvalue weighted by atomic mass is 10.2. The number of ether oxygens (including phenoxy) is 1. The van der Waals surface area contributed by atoms with E-state index in [-0.39, 0.29) is 12.4 Å². The molecule has 2 aromatic rings. The van der Waals surface area contributed by atoms with Gasteiger partial charge in [0.1, 0.15) is 18.2 Å². The molecule has 2 rings (SSSR count). The van der Waals surface area contributed by atoms with Gasteiger partial charge in [-0.05, 0) is 42.5 Å². The van der Waals surface area contributed by atoms with Crippen LogP contribution in [-0.2, 0) is 6.61 Å². The van der Waals surface area contributed by atoms with Crippen LogP contribution in [0.2, 0.25) is 5.02 Å². The summed E-state index contributed by atoms with van der Waals surface area (Å²) < 4.78 is 18.7. The lowest BCUT2D eigenvalue weighted by Gasteiger charge is -2.08. The van der Waals surface area contributed by atoms with E-state index in [0.29, 0.717) is 22.2 Å². The van der Waals surface area contributed by atoms with Crippen molar-refractivity contribution in [3.05, 3.63) is 64.4 Å². The predicted octanol–water partition coefficient (Wildman–Crippen LogP) is 4.65. The zero-order valence-corrected chi connectivity index (χ0v) is 12.0. The predicted molar refractivity (Wildman–Crippen MR) is 79.8 cm³/mol. The summed E-state index contributed by atoms with van der Waals surface area (Å²) in [6, 6.07) is 11.5. The van der Waals surface area contributed by atoms with Crippen LogP contribution in [0.25, 0.3) is 0 Å². The second kappa shape index (κ2) is 7.19. The van der Waals surface area contributed by atoms with Crippen LogP contribution in [0.1, 0.15) is 11.1 Å². The molecule has 0 fully saturated rings. The number of halogens is 3. The Hall–Kier alpha value is -1.69. The third-order valence-corrected chi connectivity index (χ3v) is 3.06. The molecule has 0 aliphatic heterocycles. The summed E-state index contributed by atoms with van der Waals surface area (Å²) >= 11 is 11.5. The monoisotopic (exact) mass is 308 g/mol. The maximum atomic E-state index is 13.1. The van der Waals surface area contributed by atoms with Gasteiger partial charge in [-0.2, -0.15) is 0 Å². The quantitative estimate of drug-likeness (QED) is 0.592. The Morgan fingerprint density at radius 2 is 1.85 bits per heavy atom. The van der Waals surface area contributed by atoms with Gasteiger partial charge < -0.3 is 4.74 Å². The van der Waals surface area contributed by atoms with Crippen LogP contribution in [-0.4, -0.2) is 5.88 Å². The molecule has 0 aromatic heterocycles. The summed E-state index contributed by atoms with van der Waals surface area (Å²) in [5.74, 6) is 6.31. The minimum Gasteiger partial charge on any atom is -0.489 e. The highest BCUT2D eigenvalue weighted by atomic mass is 35.5. The molecule has 0 saturated heterocycles. The zero-order valence-electron chi connectivity index (χ0n) is 10.5. The van der Waals surface area contributed by atoms with Crippen LogP contribution < -0.4 is 4.74 Å². The first kappa shape index (κ1) is 14.7. The van der Waals surface area contributed by atoms with Crippen LogP contribution in [0, 0.1) is 17.7 Å². The Morgan fingerprint density at radius 1 is 1.10 bits per heavy atom. The van der Waals surface area contributed by atoms with E-state index in [1.165, 1.54) is 18.2 Å². The van der Waals surface area contributed by atoms with Crippen molar-refractivity contribution < 1.29 is 9.13 Å². The second-order valence-corrected chi connectivity index (χ2v) is 4.66. The van der Waals surface area contributed by atoms with Gasteiger partial charge in [0.05, 0.1) is 5.88 Å². The van der Waals surface area contributed by atoms with Gasteiger partial charge in [-0.25, -0.2) is 4.39 Å². The Morgan fingerprint density at radius 3 is 2.55 bits per heavy atom. The van der Waals surface area contributed by atoms with Gasteiger partial charge in [-0.3, -0.25) is 0 Å². The minimum atomic E-state index is -0.334. The Labute approximate surface area is 127 Å². The highest BCUT2D eigenvalue weighted by Crippen LogP contribution is 2.20. The number of hydrogen-bond acceptors (Lipinski definition) is 1. The average molecular weight is 309 g/mol. The van der Waals surface area contributed by atoms with Crippen molar-refractivity contribution in [1.29, 1.82) is 0 Å². The number of alkyl halides is 1. The van der Waals surface area contributed by atoms with E-state index in [1.54, 1.807) is 12.1 Å². The topological polar surface area (TPSA) is 9.23 Å². The second-order valence-electron chi connectivity index (χ2n) is 3.98. The van der Waals surface area contributed by atoms with E-state index >= 15 is 0 Å². The van der Waals surface area contributed by atoms with Crippen LogP contribution >= 0.6 is 23.2 Å². The fraction of sp³-hybridized carbons (Fsp3) is 0.125. The lowest BCUT2D eigenvalue weighted by molar-refractivity contribution is 0.305. The molecule has 0 aliphatic carbocycles. The smallest absolute Gasteiger partial charge is 0.123 e. The molecule has 0 atom stereocenters. The molecule has 0 heterocycles. The maximum absolute atomic E-state index is 13.1. The van der Waals surface area contributed by atoms with Crippen LogP contribution in [0.3, 0.4) is 0 Å². The molecule has 1 nitrogen and oxygen atoms in total. The summed E-state index contributed by atoms with van der Waals surface area (Å²) in [6.07, 6.45) is 0. The number of benzene rings is 2. The maximum Gasteiger partial charge on any atom is 0.123 e. The summed E-state index contributed by atoms with van der Waals surface area (Å²) in [7, 11) is 0. The van der Waals surface area contributed by atoms with Gasteiger partial charge in [0.25, 0.3) is 0 Å². The summed E-state index contributed by atoms with van der Waals surface area (Å²) in [4.78, 5) is 0. The summed E-state index contributed by atoms with van der Waals surface area (Å²) in [5.41, 5.74) is 1.47. The van der Waals surface area contributed by atoms with Crippen molar-refractivity contribution in [3.8, 4) is 17.6 Å². The van der Waals surface area contributed by atoms with Gasteiger partial charge in [0.2, 0.25) is 0 Å². The van der Waals surface area contributed by atoms with Crippen LogP contribution in [0.15, 0.2) is 42.5 Å². The molecule has 0 saturated carbocycles. The van der Waals surface area contributed by atoms with E-state index in [4.69, 9.17) is 27.9 Å². The third kappa shape index (κ3) is 4.16. The van der Waals surface area contributed by atoms with Gasteiger partial charge in [-0.15, -0.1) is 11.6 Å². The fourth-order valence-electron chi connectivity index (χ4n) is 1.58. The van der Waals surface area contributed by atoms with E-state index in [2.05, 4.69) is 11.8 Å². The standard InChI is InChI=1S/C16H11Cl2FO/c17-9-1-2-12-3-6-15(7-4-12)20-11-13-10-14(19)5-8-16(13)18/h3-8,10H,9,11H2. The summed E-state index contributed by atoms with van der Waals surface area (Å²) in [6.45, 7) is 0.212. The Bertz CT molecular complexity index is 642. The van der Waals surface area contributed by atoms with E-state index in [9.17, 15) is 4.39 Å². The van der Waals surface area contributed by atoms with Gasteiger partial charge >= 0.3 is 0 Å². The molecule has 0 unspecified atom stereocenters. The molecular weight excluding hydrogens is 298 g/mol. The first-order valence-corrected chi connectivity index (χ1v) is 6.82. The summed E-state index contributed by atoms with van der Waals surface area (Å²) in [5, 5.41) is 0.482. The lowest BCUT2D eigenvalue weighted by Crippen LogP contribution is -1.97. The molecule has 20 heavy (non-hydrogen) atoms. The van der Waals surface area contributed by atoms with Crippen molar-refractivity contribution in [2.24, 2.45) is 0 Å². The molecule has 2 aromatic carbocycles. The Kier molecular flexibility index (Phi) is 5.29. The molecule has 0 N–H and O–H groups in total. The van der Waals surface area contributed by atoms with E-state index in [1.807, 2.05) is 12.1 Å². The molecular formula is C16H11Cl2FO. The number of hydrogen-bond donors (Lipinski definition) is 0. The first-order valence-electron chi connectivity index (χ1n) is 5.90. The third-order valence-electron chi connectivity index (χ3n) is 2.56. The van der Waals surface area contributed by atoms with Crippen molar-refractivity contribution in [1.82, 2.24) is 0 Å². The minimum absolute atomic E-state index is 0.212. The Balaban J connectivity index is 2.02.